The molecule has 1 aliphatic rings. The van der Waals surface area contributed by atoms with Crippen molar-refractivity contribution in [2.24, 2.45) is 0 Å². The first-order valence-electron chi connectivity index (χ1n) is 8.10. The Morgan fingerprint density at radius 1 is 1.20 bits per heavy atom. The van der Waals surface area contributed by atoms with Crippen molar-refractivity contribution in [2.45, 2.75) is 32.2 Å². The molecule has 2 N–H and O–H groups in total. The van der Waals surface area contributed by atoms with Gasteiger partial charge in [-0.25, -0.2) is 9.59 Å². The Labute approximate surface area is 145 Å². The van der Waals surface area contributed by atoms with Crippen LogP contribution in [0, 0.1) is 0 Å². The predicted molar refractivity (Wildman–Crippen MR) is 88.4 cm³/mol. The summed E-state index contributed by atoms with van der Waals surface area (Å²) in [6, 6.07) is 8.23. The van der Waals surface area contributed by atoms with Crippen LogP contribution in [0.3, 0.4) is 0 Å². The average molecular weight is 347 g/mol. The molecule has 1 atom stereocenters. The number of carbonyl (C=O) groups is 4. The molecular weight excluding hydrogens is 326 g/mol. The van der Waals surface area contributed by atoms with Gasteiger partial charge in [-0.2, -0.15) is 0 Å². The minimum absolute atomic E-state index is 0.107. The number of benzene rings is 1. The first-order valence-corrected chi connectivity index (χ1v) is 8.10. The fourth-order valence-corrected chi connectivity index (χ4v) is 2.84. The number of imide groups is 2. The molecule has 0 spiro atoms. The third-order valence-corrected chi connectivity index (χ3v) is 3.89. The van der Waals surface area contributed by atoms with Gasteiger partial charge in [0.05, 0.1) is 6.61 Å². The van der Waals surface area contributed by atoms with Crippen molar-refractivity contribution in [1.29, 1.82) is 0 Å². The van der Waals surface area contributed by atoms with Crippen molar-refractivity contribution in [2.75, 3.05) is 13.2 Å². The number of ether oxygens (including phenoxy) is 1. The second-order valence-corrected chi connectivity index (χ2v) is 5.61. The Morgan fingerprint density at radius 3 is 2.48 bits per heavy atom. The zero-order valence-electron chi connectivity index (χ0n) is 14.2. The van der Waals surface area contributed by atoms with E-state index in [9.17, 15) is 19.2 Å². The van der Waals surface area contributed by atoms with E-state index in [-0.39, 0.29) is 6.61 Å². The lowest BCUT2D eigenvalue weighted by atomic mass is 9.85. The fraction of sp³-hybridized carbons (Fsp3) is 0.412. The van der Waals surface area contributed by atoms with E-state index in [1.165, 1.54) is 0 Å². The smallest absolute Gasteiger partial charge is 0.413 e. The number of nitrogens with zero attached hydrogens (tertiary/aromatic N) is 1. The number of urea groups is 1. The van der Waals surface area contributed by atoms with Crippen molar-refractivity contribution >= 4 is 23.9 Å². The Kier molecular flexibility index (Phi) is 5.74. The highest BCUT2D eigenvalue weighted by atomic mass is 16.5. The SMILES string of the molecule is CCC[C@@]1(c2ccccc2)NC(=O)N(CC(=O)NC(=O)OCC)C1=O. The summed E-state index contributed by atoms with van der Waals surface area (Å²) in [5.41, 5.74) is -0.541. The second-order valence-electron chi connectivity index (χ2n) is 5.61. The van der Waals surface area contributed by atoms with Gasteiger partial charge in [0.25, 0.3) is 5.91 Å². The summed E-state index contributed by atoms with van der Waals surface area (Å²) in [7, 11) is 0. The molecule has 0 saturated carbocycles. The number of nitrogens with one attached hydrogen (secondary N) is 2. The predicted octanol–water partition coefficient (Wildman–Crippen LogP) is 1.51. The molecule has 0 aliphatic carbocycles. The van der Waals surface area contributed by atoms with Crippen molar-refractivity contribution in [1.82, 2.24) is 15.5 Å². The minimum Gasteiger partial charge on any atom is -0.450 e. The number of alkyl carbamates (subject to hydrolysis) is 1. The molecule has 0 aromatic heterocycles. The van der Waals surface area contributed by atoms with Gasteiger partial charge in [0.1, 0.15) is 12.1 Å². The van der Waals surface area contributed by atoms with Crippen LogP contribution in [0.5, 0.6) is 0 Å². The van der Waals surface area contributed by atoms with Gasteiger partial charge in [0, 0.05) is 0 Å². The highest BCUT2D eigenvalue weighted by Gasteiger charge is 2.52. The number of hydrogen-bond acceptors (Lipinski definition) is 5. The Balaban J connectivity index is 2.20. The molecule has 0 radical (unpaired) electrons. The van der Waals surface area contributed by atoms with E-state index in [0.29, 0.717) is 18.4 Å². The Bertz CT molecular complexity index is 676. The lowest BCUT2D eigenvalue weighted by molar-refractivity contribution is -0.135. The van der Waals surface area contributed by atoms with Crippen LogP contribution < -0.4 is 10.6 Å². The molecular formula is C17H21N3O5. The van der Waals surface area contributed by atoms with Gasteiger partial charge < -0.3 is 10.1 Å². The van der Waals surface area contributed by atoms with Crippen LogP contribution in [-0.2, 0) is 19.9 Å². The molecule has 0 unspecified atom stereocenters. The number of carbonyl (C=O) groups excluding carboxylic acids is 4. The lowest BCUT2D eigenvalue weighted by Crippen LogP contribution is -2.45. The summed E-state index contributed by atoms with van der Waals surface area (Å²) >= 11 is 0. The maximum absolute atomic E-state index is 12.9. The Morgan fingerprint density at radius 2 is 1.88 bits per heavy atom. The number of amides is 5. The Hall–Kier alpha value is -2.90. The third-order valence-electron chi connectivity index (χ3n) is 3.89. The lowest BCUT2D eigenvalue weighted by Gasteiger charge is -2.26. The molecule has 8 heteroatoms. The summed E-state index contributed by atoms with van der Waals surface area (Å²) < 4.78 is 4.60. The summed E-state index contributed by atoms with van der Waals surface area (Å²) in [6.45, 7) is 3.05. The number of rotatable bonds is 6. The van der Waals surface area contributed by atoms with E-state index < -0.39 is 36.0 Å². The maximum Gasteiger partial charge on any atom is 0.413 e. The molecule has 134 valence electrons. The number of hydrogen-bond donors (Lipinski definition) is 2. The molecule has 1 heterocycles. The van der Waals surface area contributed by atoms with Crippen molar-refractivity contribution in [3.63, 3.8) is 0 Å². The minimum atomic E-state index is -1.20. The zero-order chi connectivity index (χ0) is 18.4. The molecule has 1 aliphatic heterocycles. The van der Waals surface area contributed by atoms with Crippen LogP contribution in [0.15, 0.2) is 30.3 Å². The van der Waals surface area contributed by atoms with Gasteiger partial charge >= 0.3 is 12.1 Å². The first-order chi connectivity index (χ1) is 11.9. The van der Waals surface area contributed by atoms with E-state index in [1.54, 1.807) is 31.2 Å². The standard InChI is InChI=1S/C17H21N3O5/c1-3-10-17(12-8-6-5-7-9-12)14(22)20(15(23)19-17)11-13(21)18-16(24)25-4-2/h5-9H,3-4,10-11H2,1-2H3,(H,19,23)(H,18,21,24)/t17-/m0/s1. The first kappa shape index (κ1) is 18.4. The van der Waals surface area contributed by atoms with Gasteiger partial charge in [0.2, 0.25) is 5.91 Å². The van der Waals surface area contributed by atoms with E-state index in [2.05, 4.69) is 10.1 Å². The monoisotopic (exact) mass is 347 g/mol. The van der Waals surface area contributed by atoms with Gasteiger partial charge in [-0.05, 0) is 18.9 Å². The van der Waals surface area contributed by atoms with Crippen LogP contribution >= 0.6 is 0 Å². The maximum atomic E-state index is 12.9. The highest BCUT2D eigenvalue weighted by Crippen LogP contribution is 2.33. The van der Waals surface area contributed by atoms with Crippen LogP contribution in [0.1, 0.15) is 32.3 Å². The zero-order valence-corrected chi connectivity index (χ0v) is 14.2. The normalized spacial score (nSPS) is 19.5. The van der Waals surface area contributed by atoms with Gasteiger partial charge in [-0.15, -0.1) is 0 Å². The molecule has 1 saturated heterocycles. The molecule has 1 fully saturated rings. The molecule has 25 heavy (non-hydrogen) atoms. The molecule has 0 bridgehead atoms. The average Bonchev–Trinajstić information content (AvgIpc) is 2.81. The molecule has 8 nitrogen and oxygen atoms in total. The molecule has 1 aromatic carbocycles. The molecule has 2 rings (SSSR count). The quantitative estimate of drug-likeness (QED) is 0.759. The second kappa shape index (κ2) is 7.78. The van der Waals surface area contributed by atoms with E-state index in [1.807, 2.05) is 18.3 Å². The van der Waals surface area contributed by atoms with E-state index >= 15 is 0 Å². The summed E-state index contributed by atoms with van der Waals surface area (Å²) in [5, 5.41) is 4.68. The van der Waals surface area contributed by atoms with E-state index in [4.69, 9.17) is 0 Å². The largest absolute Gasteiger partial charge is 0.450 e. The van der Waals surface area contributed by atoms with Crippen molar-refractivity contribution in [3.05, 3.63) is 35.9 Å². The van der Waals surface area contributed by atoms with Crippen LogP contribution in [-0.4, -0.2) is 42.0 Å². The molecule has 1 aromatic rings. The van der Waals surface area contributed by atoms with Crippen LogP contribution in [0.2, 0.25) is 0 Å². The van der Waals surface area contributed by atoms with E-state index in [0.717, 1.165) is 4.90 Å². The van der Waals surface area contributed by atoms with Gasteiger partial charge in [-0.1, -0.05) is 43.7 Å². The van der Waals surface area contributed by atoms with Crippen molar-refractivity contribution < 1.29 is 23.9 Å². The topological polar surface area (TPSA) is 105 Å². The van der Waals surface area contributed by atoms with Crippen LogP contribution in [0.25, 0.3) is 0 Å². The summed E-state index contributed by atoms with van der Waals surface area (Å²) in [4.78, 5) is 49.2. The van der Waals surface area contributed by atoms with Crippen molar-refractivity contribution in [3.8, 4) is 0 Å². The summed E-state index contributed by atoms with van der Waals surface area (Å²) in [6.07, 6.45) is 0.142. The van der Waals surface area contributed by atoms with Gasteiger partial charge in [-0.3, -0.25) is 19.8 Å². The van der Waals surface area contributed by atoms with Gasteiger partial charge in [0.15, 0.2) is 0 Å². The highest BCUT2D eigenvalue weighted by molar-refractivity contribution is 6.10. The van der Waals surface area contributed by atoms with Crippen LogP contribution in [0.4, 0.5) is 9.59 Å². The summed E-state index contributed by atoms with van der Waals surface area (Å²) in [5.74, 6) is -1.30. The third kappa shape index (κ3) is 3.78. The molecule has 5 amide bonds. The fourth-order valence-electron chi connectivity index (χ4n) is 2.84.